The number of carbonyl (C=O) groups excluding carboxylic acids is 1. The maximum absolute atomic E-state index is 12.9. The highest BCUT2D eigenvalue weighted by Crippen LogP contribution is 2.13. The molecule has 0 unspecified atom stereocenters. The first-order valence-electron chi connectivity index (χ1n) is 5.42. The molecule has 0 saturated heterocycles. The lowest BCUT2D eigenvalue weighted by atomic mass is 10.1. The number of rotatable bonds is 3. The van der Waals surface area contributed by atoms with Gasteiger partial charge in [-0.1, -0.05) is 30.3 Å². The van der Waals surface area contributed by atoms with Crippen LogP contribution in [0.2, 0.25) is 0 Å². The number of benzene rings is 2. The zero-order valence-electron chi connectivity index (χ0n) is 9.51. The number of hydrogen-bond acceptors (Lipinski definition) is 2. The van der Waals surface area contributed by atoms with Gasteiger partial charge in [-0.15, -0.1) is 0 Å². The average molecular weight is 242 g/mol. The van der Waals surface area contributed by atoms with Gasteiger partial charge in [-0.2, -0.15) is 0 Å². The molecule has 0 radical (unpaired) electrons. The molecule has 0 aliphatic rings. The fourth-order valence-electron chi connectivity index (χ4n) is 1.54. The highest BCUT2D eigenvalue weighted by molar-refractivity contribution is 6.06. The molecule has 0 atom stereocenters. The van der Waals surface area contributed by atoms with Gasteiger partial charge in [0.1, 0.15) is 11.6 Å². The standard InChI is InChI=1S/C15H11FO2/c16-13-5-2-4-12(10-13)15(18)8-7-11-3-1-6-14(17)9-11/h1-10,17H/b8-7+. The molecule has 18 heavy (non-hydrogen) atoms. The van der Waals surface area contributed by atoms with Gasteiger partial charge in [-0.05, 0) is 35.9 Å². The summed E-state index contributed by atoms with van der Waals surface area (Å²) in [5.74, 6) is -0.584. The Morgan fingerprint density at radius 3 is 2.61 bits per heavy atom. The summed E-state index contributed by atoms with van der Waals surface area (Å²) in [6, 6.07) is 12.0. The van der Waals surface area contributed by atoms with Gasteiger partial charge in [0.2, 0.25) is 0 Å². The molecule has 0 amide bonds. The summed E-state index contributed by atoms with van der Waals surface area (Å²) in [7, 11) is 0. The molecule has 0 aliphatic heterocycles. The molecule has 2 nitrogen and oxygen atoms in total. The Morgan fingerprint density at radius 2 is 1.89 bits per heavy atom. The fraction of sp³-hybridized carbons (Fsp3) is 0. The molecule has 2 rings (SSSR count). The van der Waals surface area contributed by atoms with Gasteiger partial charge in [0.15, 0.2) is 5.78 Å². The van der Waals surface area contributed by atoms with Crippen LogP contribution in [0.25, 0.3) is 6.08 Å². The third-order valence-electron chi connectivity index (χ3n) is 2.41. The van der Waals surface area contributed by atoms with Crippen molar-refractivity contribution in [3.8, 4) is 5.75 Å². The smallest absolute Gasteiger partial charge is 0.185 e. The van der Waals surface area contributed by atoms with Crippen molar-refractivity contribution in [1.82, 2.24) is 0 Å². The molecule has 0 spiro atoms. The molecular formula is C15H11FO2. The van der Waals surface area contributed by atoms with E-state index in [1.165, 1.54) is 30.3 Å². The molecule has 0 fully saturated rings. The van der Waals surface area contributed by atoms with E-state index in [-0.39, 0.29) is 11.5 Å². The summed E-state index contributed by atoms with van der Waals surface area (Å²) >= 11 is 0. The molecule has 90 valence electrons. The summed E-state index contributed by atoms with van der Waals surface area (Å²) in [6.07, 6.45) is 2.93. The third-order valence-corrected chi connectivity index (χ3v) is 2.41. The Bertz CT molecular complexity index is 603. The van der Waals surface area contributed by atoms with Crippen molar-refractivity contribution < 1.29 is 14.3 Å². The normalized spacial score (nSPS) is 10.7. The van der Waals surface area contributed by atoms with Crippen LogP contribution >= 0.6 is 0 Å². The molecule has 0 aliphatic carbocycles. The number of phenols is 1. The molecule has 0 aromatic heterocycles. The van der Waals surface area contributed by atoms with Crippen molar-refractivity contribution in [2.45, 2.75) is 0 Å². The van der Waals surface area contributed by atoms with Gasteiger partial charge in [-0.25, -0.2) is 4.39 Å². The lowest BCUT2D eigenvalue weighted by Crippen LogP contribution is -1.94. The van der Waals surface area contributed by atoms with Gasteiger partial charge >= 0.3 is 0 Å². The SMILES string of the molecule is O=C(/C=C/c1cccc(O)c1)c1cccc(F)c1. The van der Waals surface area contributed by atoms with E-state index in [1.54, 1.807) is 30.3 Å². The molecule has 0 saturated carbocycles. The minimum Gasteiger partial charge on any atom is -0.508 e. The van der Waals surface area contributed by atoms with Crippen LogP contribution in [-0.2, 0) is 0 Å². The first-order chi connectivity index (χ1) is 8.65. The topological polar surface area (TPSA) is 37.3 Å². The van der Waals surface area contributed by atoms with Crippen molar-refractivity contribution in [2.24, 2.45) is 0 Å². The number of phenolic OH excluding ortho intramolecular Hbond substituents is 1. The van der Waals surface area contributed by atoms with E-state index in [2.05, 4.69) is 0 Å². The Morgan fingerprint density at radius 1 is 1.11 bits per heavy atom. The van der Waals surface area contributed by atoms with Crippen molar-refractivity contribution in [3.63, 3.8) is 0 Å². The monoisotopic (exact) mass is 242 g/mol. The van der Waals surface area contributed by atoms with Crippen molar-refractivity contribution in [3.05, 3.63) is 71.6 Å². The Hall–Kier alpha value is -2.42. The maximum Gasteiger partial charge on any atom is 0.185 e. The Balaban J connectivity index is 2.17. The van der Waals surface area contributed by atoms with Gasteiger partial charge in [-0.3, -0.25) is 4.79 Å². The van der Waals surface area contributed by atoms with E-state index in [9.17, 15) is 14.3 Å². The largest absolute Gasteiger partial charge is 0.508 e. The summed E-state index contributed by atoms with van der Waals surface area (Å²) in [4.78, 5) is 11.7. The average Bonchev–Trinajstić information content (AvgIpc) is 2.36. The number of allylic oxidation sites excluding steroid dienone is 1. The molecule has 2 aromatic carbocycles. The number of carbonyl (C=O) groups is 1. The van der Waals surface area contributed by atoms with E-state index in [4.69, 9.17) is 0 Å². The minimum absolute atomic E-state index is 0.135. The summed E-state index contributed by atoms with van der Waals surface area (Å²) in [5.41, 5.74) is 1.01. The number of hydrogen-bond donors (Lipinski definition) is 1. The van der Waals surface area contributed by atoms with Gasteiger partial charge in [0.05, 0.1) is 0 Å². The van der Waals surface area contributed by atoms with Crippen LogP contribution in [-0.4, -0.2) is 10.9 Å². The van der Waals surface area contributed by atoms with Gasteiger partial charge in [0.25, 0.3) is 0 Å². The lowest BCUT2D eigenvalue weighted by molar-refractivity contribution is 0.104. The quantitative estimate of drug-likeness (QED) is 0.661. The first kappa shape index (κ1) is 12.0. The second-order valence-corrected chi connectivity index (χ2v) is 3.80. The number of aromatic hydroxyl groups is 1. The van der Waals surface area contributed by atoms with E-state index in [0.29, 0.717) is 11.1 Å². The van der Waals surface area contributed by atoms with Crippen molar-refractivity contribution >= 4 is 11.9 Å². The van der Waals surface area contributed by atoms with Crippen LogP contribution in [0.4, 0.5) is 4.39 Å². The lowest BCUT2D eigenvalue weighted by Gasteiger charge is -1.97. The van der Waals surface area contributed by atoms with Crippen molar-refractivity contribution in [1.29, 1.82) is 0 Å². The highest BCUT2D eigenvalue weighted by atomic mass is 19.1. The van der Waals surface area contributed by atoms with Crippen molar-refractivity contribution in [2.75, 3.05) is 0 Å². The first-order valence-corrected chi connectivity index (χ1v) is 5.42. The third kappa shape index (κ3) is 3.04. The molecule has 0 bridgehead atoms. The Labute approximate surface area is 104 Å². The summed E-state index contributed by atoms with van der Waals surface area (Å²) in [6.45, 7) is 0. The van der Waals surface area contributed by atoms with Crippen LogP contribution < -0.4 is 0 Å². The molecular weight excluding hydrogens is 231 g/mol. The predicted octanol–water partition coefficient (Wildman–Crippen LogP) is 3.43. The van der Waals surface area contributed by atoms with E-state index < -0.39 is 5.82 Å². The van der Waals surface area contributed by atoms with Crippen LogP contribution in [0.5, 0.6) is 5.75 Å². The maximum atomic E-state index is 12.9. The minimum atomic E-state index is -0.438. The Kier molecular flexibility index (Phi) is 3.53. The summed E-state index contributed by atoms with van der Waals surface area (Å²) in [5, 5.41) is 9.26. The summed E-state index contributed by atoms with van der Waals surface area (Å²) < 4.78 is 12.9. The van der Waals surface area contributed by atoms with E-state index in [1.807, 2.05) is 0 Å². The van der Waals surface area contributed by atoms with Gasteiger partial charge in [0, 0.05) is 5.56 Å². The molecule has 1 N–H and O–H groups in total. The van der Waals surface area contributed by atoms with E-state index in [0.717, 1.165) is 0 Å². The second kappa shape index (κ2) is 5.27. The number of halogens is 1. The molecule has 2 aromatic rings. The van der Waals surface area contributed by atoms with E-state index >= 15 is 0 Å². The second-order valence-electron chi connectivity index (χ2n) is 3.80. The highest BCUT2D eigenvalue weighted by Gasteiger charge is 2.02. The zero-order valence-corrected chi connectivity index (χ0v) is 9.51. The molecule has 0 heterocycles. The van der Waals surface area contributed by atoms with Crippen LogP contribution in [0.15, 0.2) is 54.6 Å². The predicted molar refractivity (Wildman–Crippen MR) is 67.9 cm³/mol. The van der Waals surface area contributed by atoms with Crippen LogP contribution in [0.3, 0.4) is 0 Å². The van der Waals surface area contributed by atoms with Crippen LogP contribution in [0.1, 0.15) is 15.9 Å². The van der Waals surface area contributed by atoms with Gasteiger partial charge < -0.3 is 5.11 Å². The zero-order chi connectivity index (χ0) is 13.0. The fourth-order valence-corrected chi connectivity index (χ4v) is 1.54. The number of ketones is 1. The van der Waals surface area contributed by atoms with Crippen LogP contribution in [0, 0.1) is 5.82 Å². The molecule has 3 heteroatoms.